The second-order valence-corrected chi connectivity index (χ2v) is 16.3. The average Bonchev–Trinajstić information content (AvgIpc) is 2.81. The Balaban J connectivity index is -0.000000658. The van der Waals surface area contributed by atoms with Gasteiger partial charge in [-0.2, -0.15) is 0 Å². The van der Waals surface area contributed by atoms with E-state index in [0.29, 0.717) is 16.8 Å². The van der Waals surface area contributed by atoms with E-state index in [9.17, 15) is 37.8 Å². The zero-order valence-corrected chi connectivity index (χ0v) is 35.4. The molecule has 0 aliphatic rings. The maximum absolute atomic E-state index is 11.7. The molecule has 0 unspecified atom stereocenters. The first-order chi connectivity index (χ1) is 19.3. The van der Waals surface area contributed by atoms with Crippen LogP contribution >= 0.6 is 11.8 Å². The maximum atomic E-state index is 11.7. The molecule has 0 aliphatic carbocycles. The van der Waals surface area contributed by atoms with Crippen LogP contribution in [-0.4, -0.2) is 43.7 Å². The van der Waals surface area contributed by atoms with Crippen molar-refractivity contribution in [1.29, 1.82) is 0 Å². The van der Waals surface area contributed by atoms with Crippen molar-refractivity contribution in [2.24, 2.45) is 16.2 Å². The van der Waals surface area contributed by atoms with Gasteiger partial charge in [0.05, 0.1) is 22.6 Å². The van der Waals surface area contributed by atoms with Crippen LogP contribution in [0.4, 0.5) is 11.4 Å². The number of carbonyl (C=O) groups excluding carboxylic acids is 4. The fourth-order valence-electron chi connectivity index (χ4n) is 2.40. The van der Waals surface area contributed by atoms with Crippen LogP contribution in [0, 0.1) is 16.2 Å². The number of rotatable bonds is 8. The number of hydrogen-bond donors (Lipinski definition) is 2. The number of carboxylic acids is 2. The van der Waals surface area contributed by atoms with Gasteiger partial charge >= 0.3 is 80.9 Å². The van der Waals surface area contributed by atoms with Gasteiger partial charge in [-0.25, -0.2) is 8.42 Å². The number of hydrogen-bond acceptors (Lipinski definition) is 9. The molecule has 0 aromatic heterocycles. The van der Waals surface area contributed by atoms with Crippen LogP contribution in [0.3, 0.4) is 0 Å². The largest absolute Gasteiger partial charge is 1.00 e. The Morgan fingerprint density at radius 1 is 0.667 bits per heavy atom. The van der Waals surface area contributed by atoms with Crippen molar-refractivity contribution in [1.82, 2.24) is 0 Å². The first-order valence-electron chi connectivity index (χ1n) is 13.4. The molecule has 0 spiro atoms. The fraction of sp³-hybridized carbons (Fsp3) is 0.484. The summed E-state index contributed by atoms with van der Waals surface area (Å²) in [7, 11) is -3.91. The van der Waals surface area contributed by atoms with Gasteiger partial charge in [-0.1, -0.05) is 69.2 Å². The van der Waals surface area contributed by atoms with Crippen LogP contribution in [0.1, 0.15) is 69.2 Å². The van der Waals surface area contributed by atoms with Gasteiger partial charge in [0, 0.05) is 32.9 Å². The number of amides is 2. The molecule has 0 saturated heterocycles. The van der Waals surface area contributed by atoms with Crippen molar-refractivity contribution in [2.45, 2.75) is 79.0 Å². The van der Waals surface area contributed by atoms with Crippen molar-refractivity contribution >= 4 is 56.7 Å². The number of thioether (sulfide) groups is 1. The topological polar surface area (TPSA) is 173 Å². The minimum absolute atomic E-state index is 0. The number of anilines is 2. The Kier molecular flexibility index (Phi) is 23.0. The Hall–Kier alpha value is -0.744. The molecule has 2 aromatic rings. The van der Waals surface area contributed by atoms with E-state index in [0.717, 1.165) is 4.90 Å². The van der Waals surface area contributed by atoms with E-state index >= 15 is 0 Å². The summed E-state index contributed by atoms with van der Waals surface area (Å²) < 4.78 is 23.3. The number of carbonyl (C=O) groups is 4. The van der Waals surface area contributed by atoms with Gasteiger partial charge in [0.1, 0.15) is 0 Å². The Morgan fingerprint density at radius 3 is 1.29 bits per heavy atom. The third-order valence-corrected chi connectivity index (χ3v) is 7.20. The summed E-state index contributed by atoms with van der Waals surface area (Å²) in [6.45, 7) is 19.5. The molecule has 0 aliphatic heterocycles. The zero-order chi connectivity index (χ0) is 33.8. The summed E-state index contributed by atoms with van der Waals surface area (Å²) in [6.07, 6.45) is 0. The van der Waals surface area contributed by atoms with Gasteiger partial charge in [-0.3, -0.25) is 9.59 Å². The normalized spacial score (nSPS) is 11.1. The molecule has 0 atom stereocenters. The number of carboxylic acid groups (broad SMARTS) is 2. The summed E-state index contributed by atoms with van der Waals surface area (Å²) in [4.78, 5) is 44.8. The summed E-state index contributed by atoms with van der Waals surface area (Å²) in [5, 5.41) is 26.1. The van der Waals surface area contributed by atoms with E-state index in [1.807, 2.05) is 20.8 Å². The molecule has 2 N–H and O–H groups in total. The van der Waals surface area contributed by atoms with Crippen LogP contribution in [0.25, 0.3) is 0 Å². The second kappa shape index (κ2) is 21.3. The third kappa shape index (κ3) is 24.1. The van der Waals surface area contributed by atoms with Crippen molar-refractivity contribution in [2.75, 3.05) is 22.1 Å². The van der Waals surface area contributed by atoms with Gasteiger partial charge in [-0.05, 0) is 53.9 Å². The smallest absolute Gasteiger partial charge is 0.549 e. The number of nitrogens with one attached hydrogen (secondary N) is 2. The van der Waals surface area contributed by atoms with E-state index in [2.05, 4.69) is 38.3 Å². The Bertz CT molecular complexity index is 1340. The van der Waals surface area contributed by atoms with Gasteiger partial charge in [-0.15, -0.1) is 11.8 Å². The minimum atomic E-state index is -3.91. The van der Waals surface area contributed by atoms with Crippen LogP contribution in [0.15, 0.2) is 58.3 Å². The van der Waals surface area contributed by atoms with E-state index < -0.39 is 38.4 Å². The van der Waals surface area contributed by atoms with E-state index in [1.165, 1.54) is 36.0 Å². The number of aliphatic carboxylic acids is 2. The van der Waals surface area contributed by atoms with Crippen LogP contribution in [-0.2, 0) is 29.0 Å². The molecule has 0 saturated carbocycles. The van der Waals surface area contributed by atoms with Gasteiger partial charge in [0.15, 0.2) is 9.84 Å². The molecule has 2 aromatic carbocycles. The van der Waals surface area contributed by atoms with E-state index in [1.54, 1.807) is 45.0 Å². The van der Waals surface area contributed by atoms with Crippen molar-refractivity contribution in [3.05, 3.63) is 48.5 Å². The molecular weight excluding hydrogens is 655 g/mol. The predicted octanol–water partition coefficient (Wildman–Crippen LogP) is -2.23. The van der Waals surface area contributed by atoms with Gasteiger partial charge < -0.3 is 30.4 Å². The summed E-state index contributed by atoms with van der Waals surface area (Å²) >= 11 is 1.19. The molecule has 2 rings (SSSR count). The van der Waals surface area contributed by atoms with Gasteiger partial charge in [0.25, 0.3) is 0 Å². The zero-order valence-electron chi connectivity index (χ0n) is 28.6. The fourth-order valence-corrected chi connectivity index (χ4v) is 4.04. The molecule has 0 radical (unpaired) electrons. The Labute approximate surface area is 337 Å². The maximum Gasteiger partial charge on any atom is 1.00 e. The quantitative estimate of drug-likeness (QED) is 0.229. The molecule has 240 valence electrons. The molecular formula is C31H44KN2NaO8S2. The number of benzene rings is 2. The van der Waals surface area contributed by atoms with Crippen LogP contribution in [0.2, 0.25) is 0 Å². The van der Waals surface area contributed by atoms with Gasteiger partial charge in [0.2, 0.25) is 11.8 Å². The molecule has 0 bridgehead atoms. The standard InChI is InChI=1S/C13H17NO5S.C13H17NO3S.C5H12.K.Na/c1-13(2,3)12(17)14-9-4-6-10(7-5-9)20(18,19)8-11(15)16;1-13(2,3)12(17)14-9-4-6-10(7-5-9)18-8-11(15)16;1-5(2,3)4;;/h4-7H,8H2,1-3H3,(H,14,17)(H,15,16);4-7H,8H2,1-3H3,(H,14,17)(H,15,16);1-4H3;;/q;;;2*+1/p-2. The van der Waals surface area contributed by atoms with Crippen molar-refractivity contribution in [3.8, 4) is 0 Å². The van der Waals surface area contributed by atoms with Crippen LogP contribution < -0.4 is 102 Å². The molecule has 14 heteroatoms. The SMILES string of the molecule is CC(C)(C)C.CC(C)(C)C(=O)Nc1ccc(S(=O)(=O)CC(=O)[O-])cc1.CC(C)(C)C(=O)Nc1ccc(SCC(=O)[O-])cc1.[K+].[Na+]. The Morgan fingerprint density at radius 2 is 1.00 bits per heavy atom. The first kappa shape index (κ1) is 48.7. The molecule has 10 nitrogen and oxygen atoms in total. The minimum Gasteiger partial charge on any atom is -0.549 e. The van der Waals surface area contributed by atoms with Crippen LogP contribution in [0.5, 0.6) is 0 Å². The summed E-state index contributed by atoms with van der Waals surface area (Å²) in [5.74, 6) is -4.16. The van der Waals surface area contributed by atoms with E-state index in [-0.39, 0.29) is 103 Å². The third-order valence-electron chi connectivity index (χ3n) is 4.61. The molecule has 2 amide bonds. The summed E-state index contributed by atoms with van der Waals surface area (Å²) in [5.41, 5.74) is 0.632. The molecule has 45 heavy (non-hydrogen) atoms. The number of sulfone groups is 1. The first-order valence-corrected chi connectivity index (χ1v) is 16.0. The average molecular weight is 699 g/mol. The summed E-state index contributed by atoms with van der Waals surface area (Å²) in [6, 6.07) is 12.4. The molecule has 0 heterocycles. The monoisotopic (exact) mass is 698 g/mol. The van der Waals surface area contributed by atoms with Crippen molar-refractivity contribution in [3.63, 3.8) is 0 Å². The van der Waals surface area contributed by atoms with E-state index in [4.69, 9.17) is 0 Å². The second-order valence-electron chi connectivity index (χ2n) is 13.2. The predicted molar refractivity (Wildman–Crippen MR) is 167 cm³/mol. The molecule has 0 fully saturated rings. The van der Waals surface area contributed by atoms with Crippen molar-refractivity contribution < 1.29 is 119 Å².